The molecule has 0 aromatic heterocycles. The first kappa shape index (κ1) is 17.5. The number of nitrogens with one attached hydrogen (secondary N) is 2. The zero-order chi connectivity index (χ0) is 16.8. The summed E-state index contributed by atoms with van der Waals surface area (Å²) in [5.41, 5.74) is 1.56. The standard InChI is InChI=1S/C19H28N2O2/c1-13(2)12-17(19(23)20-15-9-5-6-10-15)21-18(22)16-11-7-4-8-14(16)3/h4,7-8,11,13,15,17H,5-6,9-10,12H2,1-3H3,(H,20,23)(H,21,22)/t17-/m0/s1. The number of benzene rings is 1. The summed E-state index contributed by atoms with van der Waals surface area (Å²) in [4.78, 5) is 25.1. The lowest BCUT2D eigenvalue weighted by Gasteiger charge is -2.22. The lowest BCUT2D eigenvalue weighted by Crippen LogP contribution is -2.49. The lowest BCUT2D eigenvalue weighted by atomic mass is 10.0. The number of rotatable bonds is 6. The summed E-state index contributed by atoms with van der Waals surface area (Å²) in [5.74, 6) is 0.120. The summed E-state index contributed by atoms with van der Waals surface area (Å²) in [6, 6.07) is 7.26. The first-order chi connectivity index (χ1) is 11.0. The van der Waals surface area contributed by atoms with Gasteiger partial charge in [0, 0.05) is 11.6 Å². The van der Waals surface area contributed by atoms with Crippen LogP contribution in [0.1, 0.15) is 61.9 Å². The van der Waals surface area contributed by atoms with Crippen LogP contribution in [0.25, 0.3) is 0 Å². The van der Waals surface area contributed by atoms with Crippen LogP contribution in [0.15, 0.2) is 24.3 Å². The molecule has 0 unspecified atom stereocenters. The van der Waals surface area contributed by atoms with E-state index in [1.54, 1.807) is 6.07 Å². The van der Waals surface area contributed by atoms with Gasteiger partial charge in [0.25, 0.3) is 5.91 Å². The largest absolute Gasteiger partial charge is 0.352 e. The van der Waals surface area contributed by atoms with Gasteiger partial charge in [0.2, 0.25) is 5.91 Å². The fourth-order valence-electron chi connectivity index (χ4n) is 3.14. The molecule has 1 aromatic carbocycles. The third kappa shape index (κ3) is 5.08. The molecule has 1 atom stereocenters. The maximum Gasteiger partial charge on any atom is 0.252 e. The highest BCUT2D eigenvalue weighted by Gasteiger charge is 2.26. The van der Waals surface area contributed by atoms with Crippen molar-refractivity contribution < 1.29 is 9.59 Å². The second-order valence-electron chi connectivity index (χ2n) is 6.96. The average Bonchev–Trinajstić information content (AvgIpc) is 2.99. The quantitative estimate of drug-likeness (QED) is 0.847. The molecule has 0 saturated heterocycles. The fourth-order valence-corrected chi connectivity index (χ4v) is 3.14. The van der Waals surface area contributed by atoms with Gasteiger partial charge in [-0.25, -0.2) is 0 Å². The minimum atomic E-state index is -0.470. The monoisotopic (exact) mass is 316 g/mol. The van der Waals surface area contributed by atoms with E-state index in [1.807, 2.05) is 25.1 Å². The number of carbonyl (C=O) groups is 2. The van der Waals surface area contributed by atoms with Crippen LogP contribution in [-0.2, 0) is 4.79 Å². The molecular formula is C19H28N2O2. The molecule has 1 aliphatic rings. The van der Waals surface area contributed by atoms with Crippen molar-refractivity contribution in [3.05, 3.63) is 35.4 Å². The van der Waals surface area contributed by atoms with Crippen LogP contribution >= 0.6 is 0 Å². The van der Waals surface area contributed by atoms with E-state index in [9.17, 15) is 9.59 Å². The van der Waals surface area contributed by atoms with Crippen molar-refractivity contribution in [3.63, 3.8) is 0 Å². The Kier molecular flexibility index (Phi) is 6.20. The van der Waals surface area contributed by atoms with E-state index in [2.05, 4.69) is 24.5 Å². The van der Waals surface area contributed by atoms with Gasteiger partial charge in [0.1, 0.15) is 6.04 Å². The maximum atomic E-state index is 12.6. The van der Waals surface area contributed by atoms with Crippen LogP contribution in [0.4, 0.5) is 0 Å². The minimum absolute atomic E-state index is 0.0486. The number of hydrogen-bond acceptors (Lipinski definition) is 2. The first-order valence-electron chi connectivity index (χ1n) is 8.64. The maximum absolute atomic E-state index is 12.6. The number of hydrogen-bond donors (Lipinski definition) is 2. The van der Waals surface area contributed by atoms with E-state index in [-0.39, 0.29) is 17.9 Å². The molecule has 2 amide bonds. The Bertz CT molecular complexity index is 548. The van der Waals surface area contributed by atoms with E-state index >= 15 is 0 Å². The summed E-state index contributed by atoms with van der Waals surface area (Å²) < 4.78 is 0. The Morgan fingerprint density at radius 1 is 1.17 bits per heavy atom. The van der Waals surface area contributed by atoms with Crippen molar-refractivity contribution >= 4 is 11.8 Å². The summed E-state index contributed by atoms with van der Waals surface area (Å²) in [7, 11) is 0. The predicted octanol–water partition coefficient (Wildman–Crippen LogP) is 3.20. The zero-order valence-electron chi connectivity index (χ0n) is 14.4. The van der Waals surface area contributed by atoms with Crippen molar-refractivity contribution in [3.8, 4) is 0 Å². The molecule has 1 saturated carbocycles. The highest BCUT2D eigenvalue weighted by atomic mass is 16.2. The first-order valence-corrected chi connectivity index (χ1v) is 8.64. The molecule has 2 rings (SSSR count). The van der Waals surface area contributed by atoms with Crippen LogP contribution in [0.3, 0.4) is 0 Å². The summed E-state index contributed by atoms with van der Waals surface area (Å²) in [6.45, 7) is 6.04. The van der Waals surface area contributed by atoms with Crippen molar-refractivity contribution in [2.45, 2.75) is 65.0 Å². The lowest BCUT2D eigenvalue weighted by molar-refractivity contribution is -0.124. The Morgan fingerprint density at radius 2 is 1.83 bits per heavy atom. The average molecular weight is 316 g/mol. The van der Waals surface area contributed by atoms with Crippen LogP contribution in [0.2, 0.25) is 0 Å². The van der Waals surface area contributed by atoms with Gasteiger partial charge >= 0.3 is 0 Å². The molecule has 1 fully saturated rings. The highest BCUT2D eigenvalue weighted by molar-refractivity contribution is 5.98. The van der Waals surface area contributed by atoms with Gasteiger partial charge in [0.05, 0.1) is 0 Å². The van der Waals surface area contributed by atoms with Crippen molar-refractivity contribution in [1.82, 2.24) is 10.6 Å². The van der Waals surface area contributed by atoms with Gasteiger partial charge in [0.15, 0.2) is 0 Å². The summed E-state index contributed by atoms with van der Waals surface area (Å²) in [5, 5.41) is 6.03. The zero-order valence-corrected chi connectivity index (χ0v) is 14.4. The van der Waals surface area contributed by atoms with Crippen molar-refractivity contribution in [2.24, 2.45) is 5.92 Å². The molecule has 23 heavy (non-hydrogen) atoms. The second kappa shape index (κ2) is 8.14. The van der Waals surface area contributed by atoms with Gasteiger partial charge in [-0.2, -0.15) is 0 Å². The smallest absolute Gasteiger partial charge is 0.252 e. The van der Waals surface area contributed by atoms with E-state index in [0.717, 1.165) is 18.4 Å². The molecule has 0 spiro atoms. The van der Waals surface area contributed by atoms with Crippen molar-refractivity contribution in [2.75, 3.05) is 0 Å². The third-order valence-corrected chi connectivity index (χ3v) is 4.42. The van der Waals surface area contributed by atoms with Gasteiger partial charge in [-0.05, 0) is 43.7 Å². The Hall–Kier alpha value is -1.84. The van der Waals surface area contributed by atoms with Crippen LogP contribution in [0, 0.1) is 12.8 Å². The normalized spacial score (nSPS) is 16.3. The van der Waals surface area contributed by atoms with Crippen LogP contribution in [-0.4, -0.2) is 23.9 Å². The number of carbonyl (C=O) groups excluding carboxylic acids is 2. The molecule has 4 heteroatoms. The van der Waals surface area contributed by atoms with E-state index < -0.39 is 6.04 Å². The molecule has 0 bridgehead atoms. The summed E-state index contributed by atoms with van der Waals surface area (Å²) >= 11 is 0. The van der Waals surface area contributed by atoms with Gasteiger partial charge in [-0.1, -0.05) is 44.9 Å². The molecule has 0 aliphatic heterocycles. The highest BCUT2D eigenvalue weighted by Crippen LogP contribution is 2.18. The van der Waals surface area contributed by atoms with Gasteiger partial charge < -0.3 is 10.6 Å². The van der Waals surface area contributed by atoms with E-state index in [4.69, 9.17) is 0 Å². The van der Waals surface area contributed by atoms with Gasteiger partial charge in [-0.3, -0.25) is 9.59 Å². The number of amides is 2. The molecule has 0 heterocycles. The molecule has 0 radical (unpaired) electrons. The van der Waals surface area contributed by atoms with Gasteiger partial charge in [-0.15, -0.1) is 0 Å². The minimum Gasteiger partial charge on any atom is -0.352 e. The second-order valence-corrected chi connectivity index (χ2v) is 6.96. The Morgan fingerprint density at radius 3 is 2.43 bits per heavy atom. The molecular weight excluding hydrogens is 288 g/mol. The molecule has 2 N–H and O–H groups in total. The van der Waals surface area contributed by atoms with E-state index in [0.29, 0.717) is 17.9 Å². The molecule has 4 nitrogen and oxygen atoms in total. The summed E-state index contributed by atoms with van der Waals surface area (Å²) in [6.07, 6.45) is 5.10. The van der Waals surface area contributed by atoms with Crippen LogP contribution < -0.4 is 10.6 Å². The SMILES string of the molecule is Cc1ccccc1C(=O)N[C@@H](CC(C)C)C(=O)NC1CCCC1. The molecule has 1 aromatic rings. The van der Waals surface area contributed by atoms with Crippen molar-refractivity contribution in [1.29, 1.82) is 0 Å². The predicted molar refractivity (Wildman–Crippen MR) is 92.3 cm³/mol. The third-order valence-electron chi connectivity index (χ3n) is 4.42. The fraction of sp³-hybridized carbons (Fsp3) is 0.579. The Balaban J connectivity index is 2.03. The Labute approximate surface area is 139 Å². The topological polar surface area (TPSA) is 58.2 Å². The number of aryl methyl sites for hydroxylation is 1. The molecule has 1 aliphatic carbocycles. The van der Waals surface area contributed by atoms with Crippen LogP contribution in [0.5, 0.6) is 0 Å². The molecule has 126 valence electrons. The van der Waals surface area contributed by atoms with E-state index in [1.165, 1.54) is 12.8 Å².